The number of anilines is 1. The molecule has 1 N–H and O–H groups in total. The Kier molecular flexibility index (Phi) is 3.95. The van der Waals surface area contributed by atoms with Gasteiger partial charge in [-0.1, -0.05) is 37.2 Å². The average Bonchev–Trinajstić information content (AvgIpc) is 2.95. The lowest BCUT2D eigenvalue weighted by molar-refractivity contribution is 0.218. The molecule has 0 spiro atoms. The molecule has 0 unspecified atom stereocenters. The molecular formula is C17H23N3O. The van der Waals surface area contributed by atoms with Crippen LogP contribution in [0.15, 0.2) is 34.9 Å². The Morgan fingerprint density at radius 3 is 2.62 bits per heavy atom. The maximum absolute atomic E-state index is 5.37. The molecule has 2 aromatic rings. The van der Waals surface area contributed by atoms with E-state index in [4.69, 9.17) is 4.52 Å². The molecule has 0 atom stereocenters. The molecule has 21 heavy (non-hydrogen) atoms. The van der Waals surface area contributed by atoms with Crippen molar-refractivity contribution in [3.63, 3.8) is 0 Å². The summed E-state index contributed by atoms with van der Waals surface area (Å²) in [4.78, 5) is 4.56. The number of hydrogen-bond donors (Lipinski definition) is 1. The largest absolute Gasteiger partial charge is 0.376 e. The lowest BCUT2D eigenvalue weighted by Crippen LogP contribution is -2.20. The van der Waals surface area contributed by atoms with Crippen LogP contribution in [0.3, 0.4) is 0 Å². The molecule has 1 aliphatic rings. The molecule has 0 bridgehead atoms. The van der Waals surface area contributed by atoms with Gasteiger partial charge in [0.2, 0.25) is 5.89 Å². The third-order valence-corrected chi connectivity index (χ3v) is 4.41. The van der Waals surface area contributed by atoms with Crippen molar-refractivity contribution in [3.8, 4) is 0 Å². The summed E-state index contributed by atoms with van der Waals surface area (Å²) in [6.45, 7) is 5.26. The number of rotatable bonds is 4. The number of hydrogen-bond acceptors (Lipinski definition) is 4. The molecule has 0 aliphatic heterocycles. The van der Waals surface area contributed by atoms with E-state index in [9.17, 15) is 0 Å². The van der Waals surface area contributed by atoms with Crippen molar-refractivity contribution in [2.75, 3.05) is 5.32 Å². The fraction of sp³-hybridized carbons (Fsp3) is 0.529. The van der Waals surface area contributed by atoms with Crippen LogP contribution >= 0.6 is 0 Å². The fourth-order valence-electron chi connectivity index (χ4n) is 2.90. The number of nitrogens with zero attached hydrogens (tertiary/aromatic N) is 2. The van der Waals surface area contributed by atoms with Crippen molar-refractivity contribution >= 4 is 5.69 Å². The minimum Gasteiger partial charge on any atom is -0.376 e. The van der Waals surface area contributed by atoms with E-state index >= 15 is 0 Å². The van der Waals surface area contributed by atoms with Crippen LogP contribution in [0, 0.1) is 5.41 Å². The third kappa shape index (κ3) is 3.63. The molecule has 1 aromatic carbocycles. The molecule has 0 amide bonds. The van der Waals surface area contributed by atoms with Gasteiger partial charge in [-0.15, -0.1) is 0 Å². The van der Waals surface area contributed by atoms with E-state index in [0.717, 1.165) is 24.4 Å². The molecule has 1 saturated carbocycles. The predicted molar refractivity (Wildman–Crippen MR) is 83.1 cm³/mol. The van der Waals surface area contributed by atoms with E-state index in [-0.39, 0.29) is 0 Å². The Morgan fingerprint density at radius 2 is 1.90 bits per heavy atom. The van der Waals surface area contributed by atoms with E-state index in [1.54, 1.807) is 0 Å². The second-order valence-corrected chi connectivity index (χ2v) is 6.70. The van der Waals surface area contributed by atoms with E-state index in [1.807, 2.05) is 30.3 Å². The Bertz CT molecular complexity index is 567. The van der Waals surface area contributed by atoms with Crippen LogP contribution < -0.4 is 5.32 Å². The van der Waals surface area contributed by atoms with Crippen LogP contribution in [-0.4, -0.2) is 10.1 Å². The molecule has 0 saturated heterocycles. The Labute approximate surface area is 126 Å². The van der Waals surface area contributed by atoms with Crippen molar-refractivity contribution in [3.05, 3.63) is 42.0 Å². The van der Waals surface area contributed by atoms with Crippen LogP contribution in [0.25, 0.3) is 0 Å². The van der Waals surface area contributed by atoms with Gasteiger partial charge in [0, 0.05) is 11.6 Å². The highest BCUT2D eigenvalue weighted by atomic mass is 16.5. The lowest BCUT2D eigenvalue weighted by Gasteiger charge is -2.32. The van der Waals surface area contributed by atoms with Crippen molar-refractivity contribution in [1.29, 1.82) is 0 Å². The maximum Gasteiger partial charge on any atom is 0.245 e. The molecule has 1 fully saturated rings. The molecule has 1 aliphatic carbocycles. The molecule has 112 valence electrons. The van der Waals surface area contributed by atoms with Gasteiger partial charge in [0.1, 0.15) is 0 Å². The topological polar surface area (TPSA) is 51.0 Å². The zero-order valence-electron chi connectivity index (χ0n) is 12.8. The zero-order chi connectivity index (χ0) is 14.7. The molecule has 4 nitrogen and oxygen atoms in total. The van der Waals surface area contributed by atoms with Gasteiger partial charge in [-0.3, -0.25) is 0 Å². The molecular weight excluding hydrogens is 262 g/mol. The molecule has 1 aromatic heterocycles. The first-order chi connectivity index (χ1) is 10.1. The fourth-order valence-corrected chi connectivity index (χ4v) is 2.90. The Balaban J connectivity index is 1.57. The number of para-hydroxylation sites is 1. The highest BCUT2D eigenvalue weighted by molar-refractivity contribution is 5.42. The summed E-state index contributed by atoms with van der Waals surface area (Å²) in [5.74, 6) is 2.02. The quantitative estimate of drug-likeness (QED) is 0.906. The van der Waals surface area contributed by atoms with Gasteiger partial charge in [0.25, 0.3) is 0 Å². The van der Waals surface area contributed by atoms with Crippen molar-refractivity contribution in [2.45, 2.75) is 52.0 Å². The first-order valence-electron chi connectivity index (χ1n) is 7.74. The van der Waals surface area contributed by atoms with Gasteiger partial charge in [-0.2, -0.15) is 4.98 Å². The molecule has 1 heterocycles. The highest BCUT2D eigenvalue weighted by Gasteiger charge is 2.30. The van der Waals surface area contributed by atoms with Crippen LogP contribution in [-0.2, 0) is 6.54 Å². The Hall–Kier alpha value is -1.84. The van der Waals surface area contributed by atoms with E-state index in [2.05, 4.69) is 29.3 Å². The van der Waals surface area contributed by atoms with Crippen LogP contribution in [0.2, 0.25) is 0 Å². The minimum atomic E-state index is 0.465. The second-order valence-electron chi connectivity index (χ2n) is 6.70. The number of aromatic nitrogens is 2. The van der Waals surface area contributed by atoms with Crippen molar-refractivity contribution in [1.82, 2.24) is 10.1 Å². The van der Waals surface area contributed by atoms with Gasteiger partial charge < -0.3 is 9.84 Å². The minimum absolute atomic E-state index is 0.465. The van der Waals surface area contributed by atoms with Gasteiger partial charge >= 0.3 is 0 Å². The van der Waals surface area contributed by atoms with Gasteiger partial charge in [-0.25, -0.2) is 0 Å². The summed E-state index contributed by atoms with van der Waals surface area (Å²) in [5, 5.41) is 7.47. The van der Waals surface area contributed by atoms with Gasteiger partial charge in [0.15, 0.2) is 5.82 Å². The van der Waals surface area contributed by atoms with Crippen molar-refractivity contribution in [2.24, 2.45) is 5.41 Å². The van der Waals surface area contributed by atoms with E-state index < -0.39 is 0 Å². The zero-order valence-corrected chi connectivity index (χ0v) is 12.8. The average molecular weight is 285 g/mol. The van der Waals surface area contributed by atoms with E-state index in [1.165, 1.54) is 12.8 Å². The summed E-state index contributed by atoms with van der Waals surface area (Å²) in [5.41, 5.74) is 1.54. The highest BCUT2D eigenvalue weighted by Crippen LogP contribution is 2.41. The second kappa shape index (κ2) is 5.88. The summed E-state index contributed by atoms with van der Waals surface area (Å²) < 4.78 is 5.37. The summed E-state index contributed by atoms with van der Waals surface area (Å²) in [6, 6.07) is 10.1. The lowest BCUT2D eigenvalue weighted by atomic mass is 9.73. The van der Waals surface area contributed by atoms with Crippen LogP contribution in [0.4, 0.5) is 5.69 Å². The van der Waals surface area contributed by atoms with Gasteiger partial charge in [0.05, 0.1) is 6.54 Å². The van der Waals surface area contributed by atoms with E-state index in [0.29, 0.717) is 23.8 Å². The molecule has 4 heteroatoms. The third-order valence-electron chi connectivity index (χ3n) is 4.41. The normalized spacial score (nSPS) is 18.6. The molecule has 0 radical (unpaired) electrons. The van der Waals surface area contributed by atoms with Gasteiger partial charge in [-0.05, 0) is 43.2 Å². The predicted octanol–water partition coefficient (Wildman–Crippen LogP) is 4.37. The smallest absolute Gasteiger partial charge is 0.245 e. The SMILES string of the molecule is CC1(C)CCC(c2noc(CNc3ccccc3)n2)CC1. The van der Waals surface area contributed by atoms with Crippen LogP contribution in [0.5, 0.6) is 0 Å². The van der Waals surface area contributed by atoms with Crippen molar-refractivity contribution < 1.29 is 4.52 Å². The maximum atomic E-state index is 5.37. The summed E-state index contributed by atoms with van der Waals surface area (Å²) in [6.07, 6.45) is 4.81. The summed E-state index contributed by atoms with van der Waals surface area (Å²) >= 11 is 0. The van der Waals surface area contributed by atoms with Crippen LogP contribution in [0.1, 0.15) is 57.2 Å². The standard InChI is InChI=1S/C17H23N3O/c1-17(2)10-8-13(9-11-17)16-19-15(21-20-16)12-18-14-6-4-3-5-7-14/h3-7,13,18H,8-12H2,1-2H3. The monoisotopic (exact) mass is 285 g/mol. The Morgan fingerprint density at radius 1 is 1.19 bits per heavy atom. The molecule has 3 rings (SSSR count). The number of benzene rings is 1. The number of nitrogens with one attached hydrogen (secondary N) is 1. The summed E-state index contributed by atoms with van der Waals surface area (Å²) in [7, 11) is 0. The first kappa shape index (κ1) is 14.1. The first-order valence-corrected chi connectivity index (χ1v) is 7.74.